The molecule has 1 atom stereocenters. The molecule has 5 heteroatoms. The Morgan fingerprint density at radius 3 is 2.93 bits per heavy atom. The molecule has 1 aromatic rings. The lowest BCUT2D eigenvalue weighted by Crippen LogP contribution is -2.12. The van der Waals surface area contributed by atoms with Crippen LogP contribution >= 0.6 is 0 Å². The van der Waals surface area contributed by atoms with Gasteiger partial charge in [-0.1, -0.05) is 6.92 Å². The molecule has 82 valence electrons. The van der Waals surface area contributed by atoms with E-state index < -0.39 is 5.97 Å². The third kappa shape index (κ3) is 2.83. The summed E-state index contributed by atoms with van der Waals surface area (Å²) in [7, 11) is 0. The Kier molecular flexibility index (Phi) is 3.49. The van der Waals surface area contributed by atoms with E-state index in [2.05, 4.69) is 4.98 Å². The number of nitrogens with two attached hydrogens (primary N) is 1. The number of pyridine rings is 1. The predicted molar refractivity (Wildman–Crippen MR) is 56.0 cm³/mol. The van der Waals surface area contributed by atoms with Gasteiger partial charge in [-0.3, -0.25) is 0 Å². The van der Waals surface area contributed by atoms with E-state index in [1.165, 1.54) is 12.3 Å². The third-order valence-electron chi connectivity index (χ3n) is 2.04. The van der Waals surface area contributed by atoms with Crippen LogP contribution in [0.4, 0.5) is 5.69 Å². The van der Waals surface area contributed by atoms with Crippen molar-refractivity contribution in [2.75, 3.05) is 5.73 Å². The van der Waals surface area contributed by atoms with Crippen LogP contribution in [0.15, 0.2) is 12.3 Å². The summed E-state index contributed by atoms with van der Waals surface area (Å²) in [6.45, 7) is 3.86. The molecular weight excluding hydrogens is 196 g/mol. The standard InChI is InChI=1S/C10H14N2O3/c1-3-6(2)15-9-4-7(10(13)14)8(11)5-12-9/h4-6H,3,11H2,1-2H3,(H,13,14). The first-order valence-electron chi connectivity index (χ1n) is 4.70. The van der Waals surface area contributed by atoms with E-state index >= 15 is 0 Å². The van der Waals surface area contributed by atoms with Crippen LogP contribution in [0.5, 0.6) is 5.88 Å². The molecule has 0 spiro atoms. The molecule has 0 bridgehead atoms. The molecule has 0 aliphatic rings. The Bertz CT molecular complexity index is 366. The van der Waals surface area contributed by atoms with Crippen molar-refractivity contribution in [3.05, 3.63) is 17.8 Å². The van der Waals surface area contributed by atoms with Gasteiger partial charge in [0.2, 0.25) is 5.88 Å². The molecule has 0 amide bonds. The number of hydrogen-bond acceptors (Lipinski definition) is 4. The van der Waals surface area contributed by atoms with E-state index in [4.69, 9.17) is 15.6 Å². The Morgan fingerprint density at radius 2 is 2.40 bits per heavy atom. The number of anilines is 1. The monoisotopic (exact) mass is 210 g/mol. The molecule has 1 aromatic heterocycles. The van der Waals surface area contributed by atoms with Crippen molar-refractivity contribution in [2.24, 2.45) is 0 Å². The molecule has 0 aromatic carbocycles. The molecule has 0 aliphatic heterocycles. The molecule has 0 aliphatic carbocycles. The van der Waals surface area contributed by atoms with Gasteiger partial charge in [0.1, 0.15) is 0 Å². The van der Waals surface area contributed by atoms with Gasteiger partial charge >= 0.3 is 5.97 Å². The molecule has 0 fully saturated rings. The highest BCUT2D eigenvalue weighted by molar-refractivity contribution is 5.93. The fourth-order valence-corrected chi connectivity index (χ4v) is 0.986. The van der Waals surface area contributed by atoms with Crippen LogP contribution in [0.3, 0.4) is 0 Å². The zero-order valence-electron chi connectivity index (χ0n) is 8.73. The molecule has 5 nitrogen and oxygen atoms in total. The fraction of sp³-hybridized carbons (Fsp3) is 0.400. The number of nitrogens with zero attached hydrogens (tertiary/aromatic N) is 1. The Hall–Kier alpha value is -1.78. The number of aromatic nitrogens is 1. The predicted octanol–water partition coefficient (Wildman–Crippen LogP) is 1.54. The number of hydrogen-bond donors (Lipinski definition) is 2. The van der Waals surface area contributed by atoms with Crippen molar-refractivity contribution in [1.82, 2.24) is 4.98 Å². The van der Waals surface area contributed by atoms with Crippen LogP contribution < -0.4 is 10.5 Å². The lowest BCUT2D eigenvalue weighted by molar-refractivity contribution is 0.0697. The molecule has 0 radical (unpaired) electrons. The smallest absolute Gasteiger partial charge is 0.338 e. The van der Waals surface area contributed by atoms with Crippen molar-refractivity contribution >= 4 is 11.7 Å². The number of carboxylic acids is 1. The maximum atomic E-state index is 10.8. The van der Waals surface area contributed by atoms with E-state index in [0.717, 1.165) is 6.42 Å². The molecule has 0 saturated heterocycles. The van der Waals surface area contributed by atoms with Crippen LogP contribution in [-0.4, -0.2) is 22.2 Å². The molecule has 3 N–H and O–H groups in total. The quantitative estimate of drug-likeness (QED) is 0.787. The fourth-order valence-electron chi connectivity index (χ4n) is 0.986. The van der Waals surface area contributed by atoms with Crippen molar-refractivity contribution in [1.29, 1.82) is 0 Å². The second-order valence-electron chi connectivity index (χ2n) is 3.25. The van der Waals surface area contributed by atoms with Crippen LogP contribution in [0.1, 0.15) is 30.6 Å². The highest BCUT2D eigenvalue weighted by Gasteiger charge is 2.11. The number of aromatic carboxylic acids is 1. The summed E-state index contributed by atoms with van der Waals surface area (Å²) in [5, 5.41) is 8.82. The summed E-state index contributed by atoms with van der Waals surface area (Å²) in [5.41, 5.74) is 5.61. The lowest BCUT2D eigenvalue weighted by Gasteiger charge is -2.12. The van der Waals surface area contributed by atoms with E-state index in [9.17, 15) is 4.79 Å². The van der Waals surface area contributed by atoms with E-state index in [0.29, 0.717) is 0 Å². The summed E-state index contributed by atoms with van der Waals surface area (Å²) < 4.78 is 5.38. The molecule has 1 rings (SSSR count). The molecule has 0 saturated carbocycles. The first-order chi connectivity index (χ1) is 7.04. The first-order valence-corrected chi connectivity index (χ1v) is 4.70. The van der Waals surface area contributed by atoms with Crippen LogP contribution in [0, 0.1) is 0 Å². The largest absolute Gasteiger partial charge is 0.478 e. The third-order valence-corrected chi connectivity index (χ3v) is 2.04. The number of carboxylic acid groups (broad SMARTS) is 1. The van der Waals surface area contributed by atoms with Gasteiger partial charge in [0, 0.05) is 6.07 Å². The van der Waals surface area contributed by atoms with Gasteiger partial charge < -0.3 is 15.6 Å². The maximum absolute atomic E-state index is 10.8. The molecule has 15 heavy (non-hydrogen) atoms. The van der Waals surface area contributed by atoms with Crippen molar-refractivity contribution in [3.8, 4) is 5.88 Å². The minimum Gasteiger partial charge on any atom is -0.478 e. The summed E-state index contributed by atoms with van der Waals surface area (Å²) in [6, 6.07) is 1.34. The minimum atomic E-state index is -1.08. The Morgan fingerprint density at radius 1 is 1.73 bits per heavy atom. The first kappa shape index (κ1) is 11.3. The van der Waals surface area contributed by atoms with Crippen molar-refractivity contribution in [3.63, 3.8) is 0 Å². The minimum absolute atomic E-state index is 0.00256. The molecular formula is C10H14N2O3. The van der Waals surface area contributed by atoms with E-state index in [-0.39, 0.29) is 23.2 Å². The average Bonchev–Trinajstić information content (AvgIpc) is 2.20. The number of rotatable bonds is 4. The van der Waals surface area contributed by atoms with Gasteiger partial charge in [-0.15, -0.1) is 0 Å². The molecule has 1 unspecified atom stereocenters. The summed E-state index contributed by atoms with van der Waals surface area (Å²) in [4.78, 5) is 14.7. The zero-order valence-corrected chi connectivity index (χ0v) is 8.73. The van der Waals surface area contributed by atoms with Crippen LogP contribution in [0.25, 0.3) is 0 Å². The van der Waals surface area contributed by atoms with Gasteiger partial charge in [0.05, 0.1) is 23.6 Å². The van der Waals surface area contributed by atoms with Gasteiger partial charge in [-0.25, -0.2) is 9.78 Å². The maximum Gasteiger partial charge on any atom is 0.338 e. The second-order valence-corrected chi connectivity index (χ2v) is 3.25. The molecule has 1 heterocycles. The summed E-state index contributed by atoms with van der Waals surface area (Å²) >= 11 is 0. The van der Waals surface area contributed by atoms with Crippen LogP contribution in [0.2, 0.25) is 0 Å². The number of nitrogen functional groups attached to an aromatic ring is 1. The highest BCUT2D eigenvalue weighted by Crippen LogP contribution is 2.17. The Balaban J connectivity index is 2.92. The van der Waals surface area contributed by atoms with E-state index in [1.54, 1.807) is 0 Å². The normalized spacial score (nSPS) is 12.1. The van der Waals surface area contributed by atoms with Gasteiger partial charge in [-0.2, -0.15) is 0 Å². The van der Waals surface area contributed by atoms with Gasteiger partial charge in [0.15, 0.2) is 0 Å². The zero-order chi connectivity index (χ0) is 11.4. The average molecular weight is 210 g/mol. The van der Waals surface area contributed by atoms with Crippen LogP contribution in [-0.2, 0) is 0 Å². The Labute approximate surface area is 87.9 Å². The SMILES string of the molecule is CCC(C)Oc1cc(C(=O)O)c(N)cn1. The summed E-state index contributed by atoms with van der Waals surface area (Å²) in [6.07, 6.45) is 2.12. The topological polar surface area (TPSA) is 85.4 Å². The van der Waals surface area contributed by atoms with Crippen molar-refractivity contribution in [2.45, 2.75) is 26.4 Å². The number of ether oxygens (including phenoxy) is 1. The van der Waals surface area contributed by atoms with E-state index in [1.807, 2.05) is 13.8 Å². The second kappa shape index (κ2) is 4.63. The number of carbonyl (C=O) groups is 1. The van der Waals surface area contributed by atoms with Crippen molar-refractivity contribution < 1.29 is 14.6 Å². The van der Waals surface area contributed by atoms with Gasteiger partial charge in [0.25, 0.3) is 0 Å². The lowest BCUT2D eigenvalue weighted by atomic mass is 10.2. The highest BCUT2D eigenvalue weighted by atomic mass is 16.5. The van der Waals surface area contributed by atoms with Gasteiger partial charge in [-0.05, 0) is 13.3 Å². The summed E-state index contributed by atoms with van der Waals surface area (Å²) in [5.74, 6) is -0.792.